The average molecular weight is 324 g/mol. The molecule has 5 heteroatoms. The van der Waals surface area contributed by atoms with Gasteiger partial charge in [0, 0.05) is 24.2 Å². The maximum atomic E-state index is 12.0. The van der Waals surface area contributed by atoms with Crippen molar-refractivity contribution in [2.75, 3.05) is 18.0 Å². The van der Waals surface area contributed by atoms with Crippen molar-refractivity contribution < 1.29 is 9.53 Å². The molecule has 0 spiro atoms. The number of hydrogen-bond acceptors (Lipinski definition) is 4. The van der Waals surface area contributed by atoms with E-state index in [1.54, 1.807) is 11.3 Å². The lowest BCUT2D eigenvalue weighted by molar-refractivity contribution is 0.0493. The third-order valence-corrected chi connectivity index (χ3v) is 4.50. The fourth-order valence-corrected chi connectivity index (χ4v) is 3.71. The molecule has 22 heavy (non-hydrogen) atoms. The van der Waals surface area contributed by atoms with Crippen molar-refractivity contribution in [3.63, 3.8) is 0 Å². The van der Waals surface area contributed by atoms with E-state index in [2.05, 4.69) is 34.0 Å². The number of nitrogens with one attached hydrogen (secondary N) is 1. The minimum absolute atomic E-state index is 0.153. The largest absolute Gasteiger partial charge is 0.444 e. The topological polar surface area (TPSA) is 41.6 Å². The van der Waals surface area contributed by atoms with Gasteiger partial charge in [0.1, 0.15) is 5.60 Å². The van der Waals surface area contributed by atoms with Crippen molar-refractivity contribution in [2.45, 2.75) is 58.6 Å². The number of anilines is 1. The maximum Gasteiger partial charge on any atom is 0.407 e. The third kappa shape index (κ3) is 5.20. The van der Waals surface area contributed by atoms with Crippen LogP contribution >= 0.6 is 11.3 Å². The fourth-order valence-electron chi connectivity index (χ4n) is 3.05. The number of alkyl carbamates (subject to hydrolysis) is 1. The Morgan fingerprint density at radius 3 is 2.82 bits per heavy atom. The van der Waals surface area contributed by atoms with Gasteiger partial charge >= 0.3 is 6.09 Å². The lowest BCUT2D eigenvalue weighted by atomic mass is 9.90. The standard InChI is InChI=1S/C17H28N2O2S/c1-5-6-13-9-14(18-16(20)21-17(2,3)4)11-19(10-13)15-7-8-22-12-15/h7-8,12-14H,5-6,9-11H2,1-4H3,(H,18,20). The molecule has 1 aromatic rings. The minimum Gasteiger partial charge on any atom is -0.444 e. The van der Waals surface area contributed by atoms with Gasteiger partial charge in [-0.1, -0.05) is 13.3 Å². The van der Waals surface area contributed by atoms with E-state index in [4.69, 9.17) is 4.74 Å². The van der Waals surface area contributed by atoms with Gasteiger partial charge in [-0.05, 0) is 51.0 Å². The maximum absolute atomic E-state index is 12.0. The Morgan fingerprint density at radius 1 is 1.45 bits per heavy atom. The number of nitrogens with zero attached hydrogens (tertiary/aromatic N) is 1. The highest BCUT2D eigenvalue weighted by atomic mass is 32.1. The molecule has 1 amide bonds. The Balaban J connectivity index is 1.98. The number of hydrogen-bond donors (Lipinski definition) is 1. The Morgan fingerprint density at radius 2 is 2.23 bits per heavy atom. The van der Waals surface area contributed by atoms with Crippen LogP contribution in [0.1, 0.15) is 47.0 Å². The van der Waals surface area contributed by atoms with Gasteiger partial charge < -0.3 is 15.0 Å². The number of carbonyl (C=O) groups is 1. The average Bonchev–Trinajstić information content (AvgIpc) is 2.90. The molecule has 124 valence electrons. The molecule has 1 N–H and O–H groups in total. The molecule has 2 unspecified atom stereocenters. The number of rotatable bonds is 4. The van der Waals surface area contributed by atoms with E-state index in [1.807, 2.05) is 20.8 Å². The molecule has 2 heterocycles. The zero-order valence-electron chi connectivity index (χ0n) is 14.1. The van der Waals surface area contributed by atoms with Crippen LogP contribution in [-0.4, -0.2) is 30.8 Å². The molecule has 0 saturated carbocycles. The molecule has 4 nitrogen and oxygen atoms in total. The summed E-state index contributed by atoms with van der Waals surface area (Å²) in [4.78, 5) is 14.4. The van der Waals surface area contributed by atoms with Gasteiger partial charge in [0.2, 0.25) is 0 Å². The second-order valence-electron chi connectivity index (χ2n) is 7.12. The summed E-state index contributed by atoms with van der Waals surface area (Å²) < 4.78 is 5.40. The second-order valence-corrected chi connectivity index (χ2v) is 7.90. The molecular weight excluding hydrogens is 296 g/mol. The van der Waals surface area contributed by atoms with Gasteiger partial charge in [-0.25, -0.2) is 4.79 Å². The molecule has 0 aromatic carbocycles. The smallest absolute Gasteiger partial charge is 0.407 e. The number of carbonyl (C=O) groups excluding carboxylic acids is 1. The monoisotopic (exact) mass is 324 g/mol. The van der Waals surface area contributed by atoms with Crippen LogP contribution < -0.4 is 10.2 Å². The van der Waals surface area contributed by atoms with E-state index in [1.165, 1.54) is 18.5 Å². The Labute approximate surface area is 137 Å². The molecule has 1 aliphatic heterocycles. The lowest BCUT2D eigenvalue weighted by Crippen LogP contribution is -2.51. The van der Waals surface area contributed by atoms with Gasteiger partial charge in [-0.15, -0.1) is 0 Å². The molecule has 0 bridgehead atoms. The predicted octanol–water partition coefficient (Wildman–Crippen LogP) is 4.27. The number of piperidine rings is 1. The minimum atomic E-state index is -0.450. The second kappa shape index (κ2) is 7.36. The number of thiophene rings is 1. The molecule has 2 atom stereocenters. The van der Waals surface area contributed by atoms with Crippen LogP contribution in [0.25, 0.3) is 0 Å². The Hall–Kier alpha value is -1.23. The summed E-state index contributed by atoms with van der Waals surface area (Å²) in [6, 6.07) is 2.31. The van der Waals surface area contributed by atoms with E-state index in [-0.39, 0.29) is 12.1 Å². The van der Waals surface area contributed by atoms with Crippen LogP contribution in [0.4, 0.5) is 10.5 Å². The molecule has 1 fully saturated rings. The lowest BCUT2D eigenvalue weighted by Gasteiger charge is -2.39. The van der Waals surface area contributed by atoms with Crippen LogP contribution in [0.15, 0.2) is 16.8 Å². The van der Waals surface area contributed by atoms with Gasteiger partial charge in [0.25, 0.3) is 0 Å². The Kier molecular flexibility index (Phi) is 5.73. The summed E-state index contributed by atoms with van der Waals surface area (Å²) in [6.45, 7) is 9.84. The molecular formula is C17H28N2O2S. The molecule has 0 radical (unpaired) electrons. The van der Waals surface area contributed by atoms with Crippen LogP contribution in [0.2, 0.25) is 0 Å². The van der Waals surface area contributed by atoms with Crippen molar-refractivity contribution in [3.8, 4) is 0 Å². The SMILES string of the molecule is CCCC1CC(NC(=O)OC(C)(C)C)CN(c2ccsc2)C1. The van der Waals surface area contributed by atoms with Crippen molar-refractivity contribution in [1.82, 2.24) is 5.32 Å². The highest BCUT2D eigenvalue weighted by molar-refractivity contribution is 7.08. The van der Waals surface area contributed by atoms with E-state index in [0.29, 0.717) is 5.92 Å². The molecule has 1 saturated heterocycles. The third-order valence-electron chi connectivity index (χ3n) is 3.83. The summed E-state index contributed by atoms with van der Waals surface area (Å²) in [5.74, 6) is 0.624. The van der Waals surface area contributed by atoms with Gasteiger partial charge in [-0.3, -0.25) is 0 Å². The molecule has 2 rings (SSSR count). The fraction of sp³-hybridized carbons (Fsp3) is 0.706. The summed E-state index contributed by atoms with van der Waals surface area (Å²) in [7, 11) is 0. The first-order chi connectivity index (χ1) is 10.4. The summed E-state index contributed by atoms with van der Waals surface area (Å²) in [5, 5.41) is 7.34. The highest BCUT2D eigenvalue weighted by Gasteiger charge is 2.29. The predicted molar refractivity (Wildman–Crippen MR) is 92.7 cm³/mol. The summed E-state index contributed by atoms with van der Waals surface area (Å²) >= 11 is 1.72. The first kappa shape index (κ1) is 17.1. The number of amides is 1. The normalized spacial score (nSPS) is 22.5. The van der Waals surface area contributed by atoms with Crippen molar-refractivity contribution in [1.29, 1.82) is 0 Å². The van der Waals surface area contributed by atoms with E-state index in [0.717, 1.165) is 19.5 Å². The highest BCUT2D eigenvalue weighted by Crippen LogP contribution is 2.27. The first-order valence-corrected chi connectivity index (χ1v) is 9.08. The zero-order valence-corrected chi connectivity index (χ0v) is 14.9. The number of ether oxygens (including phenoxy) is 1. The van der Waals surface area contributed by atoms with Gasteiger partial charge in [-0.2, -0.15) is 11.3 Å². The van der Waals surface area contributed by atoms with Crippen molar-refractivity contribution in [3.05, 3.63) is 16.8 Å². The van der Waals surface area contributed by atoms with E-state index in [9.17, 15) is 4.79 Å². The van der Waals surface area contributed by atoms with Gasteiger partial charge in [0.15, 0.2) is 0 Å². The van der Waals surface area contributed by atoms with Crippen LogP contribution in [-0.2, 0) is 4.74 Å². The first-order valence-electron chi connectivity index (χ1n) is 8.14. The molecule has 1 aromatic heterocycles. The van der Waals surface area contributed by atoms with Crippen LogP contribution in [0, 0.1) is 5.92 Å². The van der Waals surface area contributed by atoms with Crippen molar-refractivity contribution >= 4 is 23.1 Å². The summed E-state index contributed by atoms with van der Waals surface area (Å²) in [5.41, 5.74) is 0.816. The Bertz CT molecular complexity index is 468. The quantitative estimate of drug-likeness (QED) is 0.899. The van der Waals surface area contributed by atoms with Gasteiger partial charge in [0.05, 0.1) is 6.04 Å². The van der Waals surface area contributed by atoms with Crippen LogP contribution in [0.3, 0.4) is 0 Å². The van der Waals surface area contributed by atoms with Crippen LogP contribution in [0.5, 0.6) is 0 Å². The van der Waals surface area contributed by atoms with E-state index < -0.39 is 5.60 Å². The van der Waals surface area contributed by atoms with E-state index >= 15 is 0 Å². The summed E-state index contributed by atoms with van der Waals surface area (Å²) in [6.07, 6.45) is 3.11. The van der Waals surface area contributed by atoms with Crippen molar-refractivity contribution in [2.24, 2.45) is 5.92 Å². The molecule has 0 aliphatic carbocycles. The zero-order chi connectivity index (χ0) is 16.2. The molecule has 1 aliphatic rings.